The van der Waals surface area contributed by atoms with E-state index in [0.29, 0.717) is 13.1 Å². The van der Waals surface area contributed by atoms with Crippen molar-refractivity contribution in [1.82, 2.24) is 14.3 Å². The van der Waals surface area contributed by atoms with E-state index >= 15 is 0 Å². The van der Waals surface area contributed by atoms with E-state index in [-0.39, 0.29) is 12.1 Å². The van der Waals surface area contributed by atoms with E-state index < -0.39 is 10.2 Å². The first-order valence-corrected chi connectivity index (χ1v) is 8.04. The van der Waals surface area contributed by atoms with Crippen LogP contribution < -0.4 is 10.0 Å². The normalized spacial score (nSPS) is 29.4. The smallest absolute Gasteiger partial charge is 0.279 e. The van der Waals surface area contributed by atoms with Crippen molar-refractivity contribution in [1.29, 1.82) is 0 Å². The van der Waals surface area contributed by atoms with Crippen LogP contribution in [0.4, 0.5) is 0 Å². The molecule has 0 aliphatic carbocycles. The predicted octanol–water partition coefficient (Wildman–Crippen LogP) is 0.447. The first-order chi connectivity index (χ1) is 8.09. The average molecular weight is 261 g/mol. The molecule has 0 amide bonds. The van der Waals surface area contributed by atoms with Crippen molar-refractivity contribution < 1.29 is 8.42 Å². The number of hydrogen-bond donors (Lipinski definition) is 2. The Morgan fingerprint density at radius 2 is 1.94 bits per heavy atom. The summed E-state index contributed by atoms with van der Waals surface area (Å²) < 4.78 is 28.5. The first kappa shape index (κ1) is 13.3. The molecule has 0 aromatic heterocycles. The highest BCUT2D eigenvalue weighted by molar-refractivity contribution is 7.87. The maximum Gasteiger partial charge on any atom is 0.279 e. The molecule has 2 atom stereocenters. The molecule has 0 spiro atoms. The zero-order valence-corrected chi connectivity index (χ0v) is 11.3. The molecule has 0 saturated carbocycles. The highest BCUT2D eigenvalue weighted by atomic mass is 32.2. The van der Waals surface area contributed by atoms with Gasteiger partial charge in [0.1, 0.15) is 0 Å². The van der Waals surface area contributed by atoms with E-state index in [2.05, 4.69) is 10.0 Å². The summed E-state index contributed by atoms with van der Waals surface area (Å²) >= 11 is 0. The van der Waals surface area contributed by atoms with Gasteiger partial charge in [-0.15, -0.1) is 0 Å². The fourth-order valence-corrected chi connectivity index (χ4v) is 4.15. The molecule has 5 nitrogen and oxygen atoms in total. The van der Waals surface area contributed by atoms with Crippen LogP contribution in [0.15, 0.2) is 0 Å². The van der Waals surface area contributed by atoms with Crippen LogP contribution >= 0.6 is 0 Å². The molecule has 2 saturated heterocycles. The van der Waals surface area contributed by atoms with Crippen LogP contribution in [-0.2, 0) is 10.2 Å². The molecule has 6 heteroatoms. The third-order valence-corrected chi connectivity index (χ3v) is 5.41. The molecule has 2 aliphatic rings. The monoisotopic (exact) mass is 261 g/mol. The average Bonchev–Trinajstić information content (AvgIpc) is 2.84. The minimum absolute atomic E-state index is 0.0269. The topological polar surface area (TPSA) is 61.4 Å². The lowest BCUT2D eigenvalue weighted by atomic mass is 10.00. The molecule has 2 N–H and O–H groups in total. The largest absolute Gasteiger partial charge is 0.312 e. The van der Waals surface area contributed by atoms with E-state index in [9.17, 15) is 8.42 Å². The van der Waals surface area contributed by atoms with E-state index in [0.717, 1.165) is 25.8 Å². The zero-order chi connectivity index (χ0) is 12.3. The number of hydrogen-bond acceptors (Lipinski definition) is 3. The molecule has 100 valence electrons. The Morgan fingerprint density at radius 1 is 1.24 bits per heavy atom. The maximum absolute atomic E-state index is 12.1. The minimum atomic E-state index is -3.27. The van der Waals surface area contributed by atoms with E-state index in [4.69, 9.17) is 0 Å². The van der Waals surface area contributed by atoms with Gasteiger partial charge >= 0.3 is 0 Å². The Bertz CT molecular complexity index is 333. The fourth-order valence-electron chi connectivity index (χ4n) is 2.63. The van der Waals surface area contributed by atoms with Gasteiger partial charge in [-0.2, -0.15) is 17.4 Å². The predicted molar refractivity (Wildman–Crippen MR) is 68.0 cm³/mol. The van der Waals surface area contributed by atoms with Gasteiger partial charge in [0.2, 0.25) is 0 Å². The van der Waals surface area contributed by atoms with Gasteiger partial charge in [-0.25, -0.2) is 0 Å². The lowest BCUT2D eigenvalue weighted by molar-refractivity contribution is 0.341. The van der Waals surface area contributed by atoms with Crippen LogP contribution in [0.5, 0.6) is 0 Å². The summed E-state index contributed by atoms with van der Waals surface area (Å²) in [4.78, 5) is 0. The standard InChI is InChI=1S/C11H23N3O2S/c1-10(11-6-2-3-7-12-11)13-17(15,16)14-8-4-5-9-14/h10-13H,2-9H2,1H3. The van der Waals surface area contributed by atoms with Crippen molar-refractivity contribution in [3.63, 3.8) is 0 Å². The minimum Gasteiger partial charge on any atom is -0.312 e. The third kappa shape index (κ3) is 3.40. The van der Waals surface area contributed by atoms with E-state index in [1.54, 1.807) is 4.31 Å². The zero-order valence-electron chi connectivity index (χ0n) is 10.5. The molecule has 0 aromatic rings. The second-order valence-electron chi connectivity index (χ2n) is 5.07. The van der Waals surface area contributed by atoms with Crippen molar-refractivity contribution in [2.24, 2.45) is 0 Å². The summed E-state index contributed by atoms with van der Waals surface area (Å²) in [5, 5.41) is 3.39. The van der Waals surface area contributed by atoms with E-state index in [1.165, 1.54) is 12.8 Å². The molecule has 0 bridgehead atoms. The van der Waals surface area contributed by atoms with Crippen molar-refractivity contribution in [3.05, 3.63) is 0 Å². The number of nitrogens with zero attached hydrogens (tertiary/aromatic N) is 1. The summed E-state index contributed by atoms with van der Waals surface area (Å²) in [7, 11) is -3.27. The molecule has 2 fully saturated rings. The summed E-state index contributed by atoms with van der Waals surface area (Å²) in [6.45, 7) is 4.29. The Hall–Kier alpha value is -0.170. The SMILES string of the molecule is CC(NS(=O)(=O)N1CCCC1)C1CCCCN1. The van der Waals surface area contributed by atoms with Gasteiger partial charge in [0.05, 0.1) is 0 Å². The quantitative estimate of drug-likeness (QED) is 0.772. The second-order valence-corrected chi connectivity index (χ2v) is 6.78. The first-order valence-electron chi connectivity index (χ1n) is 6.60. The number of nitrogens with one attached hydrogen (secondary N) is 2. The molecular weight excluding hydrogens is 238 g/mol. The van der Waals surface area contributed by atoms with Crippen LogP contribution in [0.1, 0.15) is 39.0 Å². The Morgan fingerprint density at radius 3 is 2.53 bits per heavy atom. The van der Waals surface area contributed by atoms with Crippen LogP contribution in [0.25, 0.3) is 0 Å². The van der Waals surface area contributed by atoms with E-state index in [1.807, 2.05) is 6.92 Å². The van der Waals surface area contributed by atoms with Gasteiger partial charge in [-0.05, 0) is 39.2 Å². The van der Waals surface area contributed by atoms with Gasteiger partial charge < -0.3 is 5.32 Å². The lowest BCUT2D eigenvalue weighted by Crippen LogP contribution is -2.53. The molecule has 17 heavy (non-hydrogen) atoms. The fraction of sp³-hybridized carbons (Fsp3) is 1.00. The van der Waals surface area contributed by atoms with Gasteiger partial charge in [0.15, 0.2) is 0 Å². The van der Waals surface area contributed by atoms with Gasteiger partial charge in [0.25, 0.3) is 10.2 Å². The van der Waals surface area contributed by atoms with Crippen LogP contribution in [0.2, 0.25) is 0 Å². The maximum atomic E-state index is 12.1. The lowest BCUT2D eigenvalue weighted by Gasteiger charge is -2.30. The Kier molecular flexibility index (Phi) is 4.41. The van der Waals surface area contributed by atoms with Gasteiger partial charge in [-0.3, -0.25) is 0 Å². The van der Waals surface area contributed by atoms with Gasteiger partial charge in [0, 0.05) is 25.2 Å². The van der Waals surface area contributed by atoms with Crippen LogP contribution in [0, 0.1) is 0 Å². The highest BCUT2D eigenvalue weighted by Crippen LogP contribution is 2.14. The third-order valence-electron chi connectivity index (χ3n) is 3.69. The summed E-state index contributed by atoms with van der Waals surface area (Å²) in [5.41, 5.74) is 0. The summed E-state index contributed by atoms with van der Waals surface area (Å²) in [5.74, 6) is 0. The second kappa shape index (κ2) is 5.65. The Labute approximate surface area is 104 Å². The van der Waals surface area contributed by atoms with Crippen molar-refractivity contribution in [2.45, 2.75) is 51.1 Å². The molecule has 2 aliphatic heterocycles. The molecule has 0 aromatic carbocycles. The highest BCUT2D eigenvalue weighted by Gasteiger charge is 2.29. The number of rotatable bonds is 4. The van der Waals surface area contributed by atoms with Crippen molar-refractivity contribution >= 4 is 10.2 Å². The Balaban J connectivity index is 1.90. The number of piperidine rings is 1. The van der Waals surface area contributed by atoms with Crippen molar-refractivity contribution in [3.8, 4) is 0 Å². The van der Waals surface area contributed by atoms with Gasteiger partial charge in [-0.1, -0.05) is 6.42 Å². The molecular formula is C11H23N3O2S. The molecule has 2 rings (SSSR count). The van der Waals surface area contributed by atoms with Crippen LogP contribution in [-0.4, -0.2) is 44.4 Å². The molecule has 2 unspecified atom stereocenters. The van der Waals surface area contributed by atoms with Crippen molar-refractivity contribution in [2.75, 3.05) is 19.6 Å². The molecule has 0 radical (unpaired) electrons. The summed E-state index contributed by atoms with van der Waals surface area (Å²) in [6.07, 6.45) is 5.41. The molecule has 2 heterocycles. The van der Waals surface area contributed by atoms with Crippen LogP contribution in [0.3, 0.4) is 0 Å². The summed E-state index contributed by atoms with van der Waals surface area (Å²) in [6, 6.07) is 0.252.